The number of pyridine rings is 2. The number of carbonyl (C=O) groups excluding carboxylic acids is 1. The summed E-state index contributed by atoms with van der Waals surface area (Å²) in [6.07, 6.45) is 3.57. The second-order valence-corrected chi connectivity index (χ2v) is 8.19. The zero-order chi connectivity index (χ0) is 22.1. The molecule has 2 aromatic heterocycles. The lowest BCUT2D eigenvalue weighted by Gasteiger charge is -2.25. The number of ether oxygens (including phenoxy) is 1. The minimum absolute atomic E-state index is 0.0291. The molecule has 0 bridgehead atoms. The van der Waals surface area contributed by atoms with Gasteiger partial charge in [0, 0.05) is 23.8 Å². The van der Waals surface area contributed by atoms with Gasteiger partial charge in [-0.2, -0.15) is 0 Å². The third-order valence-corrected chi connectivity index (χ3v) is 6.13. The van der Waals surface area contributed by atoms with Gasteiger partial charge in [0.15, 0.2) is 0 Å². The number of hydrogen-bond donors (Lipinski definition) is 0. The lowest BCUT2D eigenvalue weighted by molar-refractivity contribution is 0.0729. The van der Waals surface area contributed by atoms with Gasteiger partial charge in [-0.3, -0.25) is 14.8 Å². The Morgan fingerprint density at radius 2 is 1.84 bits per heavy atom. The molecule has 0 spiro atoms. The molecule has 5 heteroatoms. The van der Waals surface area contributed by atoms with Crippen LogP contribution in [0.25, 0.3) is 21.9 Å². The Kier molecular flexibility index (Phi) is 5.31. The molecule has 0 saturated carbocycles. The van der Waals surface area contributed by atoms with Gasteiger partial charge in [-0.15, -0.1) is 0 Å². The predicted octanol–water partition coefficient (Wildman–Crippen LogP) is 5.59. The molecule has 160 valence electrons. The van der Waals surface area contributed by atoms with E-state index in [9.17, 15) is 4.79 Å². The summed E-state index contributed by atoms with van der Waals surface area (Å²) >= 11 is 0. The average molecular weight is 424 g/mol. The van der Waals surface area contributed by atoms with Crippen molar-refractivity contribution in [3.8, 4) is 16.9 Å². The van der Waals surface area contributed by atoms with Crippen LogP contribution in [-0.2, 0) is 0 Å². The molecule has 1 atom stereocenters. The Morgan fingerprint density at radius 1 is 1.03 bits per heavy atom. The smallest absolute Gasteiger partial charge is 0.273 e. The van der Waals surface area contributed by atoms with E-state index in [0.717, 1.165) is 51.9 Å². The van der Waals surface area contributed by atoms with Crippen molar-refractivity contribution < 1.29 is 9.53 Å². The lowest BCUT2D eigenvalue weighted by atomic mass is 10.0. The molecule has 1 saturated heterocycles. The van der Waals surface area contributed by atoms with Crippen molar-refractivity contribution in [1.29, 1.82) is 0 Å². The topological polar surface area (TPSA) is 55.3 Å². The van der Waals surface area contributed by atoms with E-state index in [1.54, 1.807) is 13.3 Å². The van der Waals surface area contributed by atoms with E-state index >= 15 is 0 Å². The van der Waals surface area contributed by atoms with E-state index in [1.807, 2.05) is 54.3 Å². The molecule has 0 aliphatic carbocycles. The maximum atomic E-state index is 13.6. The van der Waals surface area contributed by atoms with Gasteiger partial charge in [0.25, 0.3) is 5.91 Å². The lowest BCUT2D eigenvalue weighted by Crippen LogP contribution is -2.31. The van der Waals surface area contributed by atoms with Crippen molar-refractivity contribution in [3.63, 3.8) is 0 Å². The van der Waals surface area contributed by atoms with Crippen molar-refractivity contribution in [3.05, 3.63) is 90.0 Å². The van der Waals surface area contributed by atoms with Crippen LogP contribution in [0.5, 0.6) is 5.75 Å². The zero-order valence-corrected chi connectivity index (χ0v) is 18.3. The molecule has 32 heavy (non-hydrogen) atoms. The highest BCUT2D eigenvalue weighted by molar-refractivity contribution is 6.05. The fraction of sp³-hybridized carbons (Fsp3) is 0.222. The molecule has 1 fully saturated rings. The summed E-state index contributed by atoms with van der Waals surface area (Å²) in [5.74, 6) is 0.800. The molecule has 0 radical (unpaired) electrons. The Bertz CT molecular complexity index is 1280. The number of carbonyl (C=O) groups is 1. The first-order chi connectivity index (χ1) is 15.6. The molecule has 5 rings (SSSR count). The number of aryl methyl sites for hydroxylation is 1. The van der Waals surface area contributed by atoms with E-state index in [-0.39, 0.29) is 11.9 Å². The highest BCUT2D eigenvalue weighted by Crippen LogP contribution is 2.35. The maximum absolute atomic E-state index is 13.6. The van der Waals surface area contributed by atoms with Gasteiger partial charge in [0.2, 0.25) is 0 Å². The van der Waals surface area contributed by atoms with Gasteiger partial charge in [-0.1, -0.05) is 36.4 Å². The van der Waals surface area contributed by atoms with Crippen molar-refractivity contribution in [2.45, 2.75) is 25.8 Å². The van der Waals surface area contributed by atoms with Gasteiger partial charge < -0.3 is 9.64 Å². The zero-order valence-electron chi connectivity index (χ0n) is 18.3. The number of aromatic nitrogens is 2. The number of methoxy groups -OCH3 is 1. The summed E-state index contributed by atoms with van der Waals surface area (Å²) in [6, 6.07) is 22.0. The fourth-order valence-corrected chi connectivity index (χ4v) is 4.56. The quantitative estimate of drug-likeness (QED) is 0.429. The number of fused-ring (bicyclic) bond motifs is 1. The number of benzene rings is 2. The molecule has 1 aliphatic rings. The fourth-order valence-electron chi connectivity index (χ4n) is 4.56. The standard InChI is InChI=1S/C27H25N3O2/c1-18-16-21(19-9-11-22(32-2)12-10-19)17-24(29-18)25-8-5-15-30(25)27(31)26-23-7-4-3-6-20(23)13-14-28-26/h3-4,6-7,9-14,16-17,25H,5,8,15H2,1-2H3. The highest BCUT2D eigenvalue weighted by Gasteiger charge is 2.33. The average Bonchev–Trinajstić information content (AvgIpc) is 3.33. The van der Waals surface area contributed by atoms with E-state index < -0.39 is 0 Å². The maximum Gasteiger partial charge on any atom is 0.273 e. The third kappa shape index (κ3) is 3.71. The second kappa shape index (κ2) is 8.42. The Labute approximate surface area is 187 Å². The van der Waals surface area contributed by atoms with E-state index in [0.29, 0.717) is 12.2 Å². The number of rotatable bonds is 4. The van der Waals surface area contributed by atoms with Crippen LogP contribution < -0.4 is 4.74 Å². The minimum Gasteiger partial charge on any atom is -0.497 e. The van der Waals surface area contributed by atoms with Gasteiger partial charge in [-0.05, 0) is 66.6 Å². The Hall–Kier alpha value is -3.73. The normalized spacial score (nSPS) is 15.8. The molecular formula is C27H25N3O2. The monoisotopic (exact) mass is 423 g/mol. The van der Waals surface area contributed by atoms with Crippen molar-refractivity contribution in [2.24, 2.45) is 0 Å². The Balaban J connectivity index is 1.50. The summed E-state index contributed by atoms with van der Waals surface area (Å²) in [7, 11) is 1.67. The first-order valence-corrected chi connectivity index (χ1v) is 10.9. The molecule has 0 N–H and O–H groups in total. The van der Waals surface area contributed by atoms with Crippen molar-refractivity contribution in [1.82, 2.24) is 14.9 Å². The molecular weight excluding hydrogens is 398 g/mol. The third-order valence-electron chi connectivity index (χ3n) is 6.13. The first-order valence-electron chi connectivity index (χ1n) is 10.9. The van der Waals surface area contributed by atoms with Crippen LogP contribution in [0.15, 0.2) is 72.9 Å². The summed E-state index contributed by atoms with van der Waals surface area (Å²) < 4.78 is 5.28. The Morgan fingerprint density at radius 3 is 2.66 bits per heavy atom. The number of likely N-dealkylation sites (tertiary alicyclic amines) is 1. The van der Waals surface area contributed by atoms with E-state index in [2.05, 4.69) is 29.2 Å². The second-order valence-electron chi connectivity index (χ2n) is 8.19. The van der Waals surface area contributed by atoms with Crippen LogP contribution in [-0.4, -0.2) is 34.4 Å². The van der Waals surface area contributed by atoms with Gasteiger partial charge in [-0.25, -0.2) is 0 Å². The number of nitrogens with zero attached hydrogens (tertiary/aromatic N) is 3. The highest BCUT2D eigenvalue weighted by atomic mass is 16.5. The van der Waals surface area contributed by atoms with Crippen molar-refractivity contribution in [2.75, 3.05) is 13.7 Å². The van der Waals surface area contributed by atoms with Crippen LogP contribution >= 0.6 is 0 Å². The van der Waals surface area contributed by atoms with Crippen LogP contribution in [0, 0.1) is 6.92 Å². The molecule has 1 amide bonds. The molecule has 4 aromatic rings. The minimum atomic E-state index is -0.0554. The molecule has 2 aromatic carbocycles. The first kappa shape index (κ1) is 20.2. The van der Waals surface area contributed by atoms with E-state index in [4.69, 9.17) is 9.72 Å². The molecule has 1 unspecified atom stereocenters. The number of amides is 1. The summed E-state index contributed by atoms with van der Waals surface area (Å²) in [4.78, 5) is 24.8. The van der Waals surface area contributed by atoms with Crippen LogP contribution in [0.3, 0.4) is 0 Å². The number of hydrogen-bond acceptors (Lipinski definition) is 4. The summed E-state index contributed by atoms with van der Waals surface area (Å²) in [6.45, 7) is 2.71. The molecule has 5 nitrogen and oxygen atoms in total. The van der Waals surface area contributed by atoms with Crippen LogP contribution in [0.2, 0.25) is 0 Å². The van der Waals surface area contributed by atoms with Gasteiger partial charge in [0.1, 0.15) is 11.4 Å². The molecule has 1 aliphatic heterocycles. The van der Waals surface area contributed by atoms with Gasteiger partial charge in [0.05, 0.1) is 18.8 Å². The van der Waals surface area contributed by atoms with Crippen LogP contribution in [0.4, 0.5) is 0 Å². The van der Waals surface area contributed by atoms with Gasteiger partial charge >= 0.3 is 0 Å². The summed E-state index contributed by atoms with van der Waals surface area (Å²) in [5.41, 5.74) is 4.58. The largest absolute Gasteiger partial charge is 0.497 e. The summed E-state index contributed by atoms with van der Waals surface area (Å²) in [5, 5.41) is 1.92. The SMILES string of the molecule is COc1ccc(-c2cc(C)nc(C3CCCN3C(=O)c3nccc4ccccc34)c2)cc1. The predicted molar refractivity (Wildman–Crippen MR) is 126 cm³/mol. The van der Waals surface area contributed by atoms with Crippen molar-refractivity contribution >= 4 is 16.7 Å². The molecule has 3 heterocycles. The van der Waals surface area contributed by atoms with Crippen LogP contribution in [0.1, 0.15) is 40.8 Å². The van der Waals surface area contributed by atoms with E-state index in [1.165, 1.54) is 0 Å².